The van der Waals surface area contributed by atoms with E-state index in [-0.39, 0.29) is 5.91 Å². The van der Waals surface area contributed by atoms with Gasteiger partial charge in [-0.25, -0.2) is 0 Å². The number of H-pyrrole nitrogens is 1. The molecule has 2 aromatic heterocycles. The molecule has 3 N–H and O–H groups in total. The van der Waals surface area contributed by atoms with E-state index in [1.54, 1.807) is 19.5 Å². The fourth-order valence-electron chi connectivity index (χ4n) is 4.22. The molecule has 182 valence electrons. The van der Waals surface area contributed by atoms with Gasteiger partial charge < -0.3 is 20.4 Å². The molecule has 0 aliphatic carbocycles. The molecule has 0 radical (unpaired) electrons. The molecule has 0 saturated carbocycles. The lowest BCUT2D eigenvalue weighted by Crippen LogP contribution is -2.26. The van der Waals surface area contributed by atoms with Gasteiger partial charge in [-0.15, -0.1) is 0 Å². The molecule has 1 amide bonds. The first-order valence-electron chi connectivity index (χ1n) is 11.9. The second kappa shape index (κ2) is 10.8. The molecule has 5 aromatic rings. The smallest absolute Gasteiger partial charge is 0.251 e. The van der Waals surface area contributed by atoms with Gasteiger partial charge in [-0.3, -0.25) is 9.78 Å². The van der Waals surface area contributed by atoms with Crippen LogP contribution in [-0.2, 0) is 4.74 Å². The zero-order chi connectivity index (χ0) is 25.6. The van der Waals surface area contributed by atoms with Crippen molar-refractivity contribution in [1.82, 2.24) is 15.3 Å². The highest BCUT2D eigenvalue weighted by Gasteiger charge is 2.13. The molecule has 0 fully saturated rings. The topological polar surface area (TPSA) is 103 Å². The normalized spacial score (nSPS) is 10.7. The molecule has 0 bridgehead atoms. The molecule has 37 heavy (non-hydrogen) atoms. The van der Waals surface area contributed by atoms with Crippen LogP contribution in [0.4, 0.5) is 11.4 Å². The molecule has 3 aromatic carbocycles. The molecule has 7 heteroatoms. The van der Waals surface area contributed by atoms with Gasteiger partial charge in [-0.2, -0.15) is 5.26 Å². The number of methoxy groups -OCH3 is 1. The summed E-state index contributed by atoms with van der Waals surface area (Å²) in [6.07, 6.45) is 5.24. The van der Waals surface area contributed by atoms with E-state index in [0.717, 1.165) is 38.8 Å². The number of pyridine rings is 1. The fraction of sp³-hybridized carbons (Fsp3) is 0.100. The molecule has 0 aliphatic heterocycles. The zero-order valence-corrected chi connectivity index (χ0v) is 20.3. The van der Waals surface area contributed by atoms with Crippen LogP contribution in [0.25, 0.3) is 33.2 Å². The summed E-state index contributed by atoms with van der Waals surface area (Å²) in [4.78, 5) is 19.8. The lowest BCUT2D eigenvalue weighted by Gasteiger charge is -2.15. The van der Waals surface area contributed by atoms with Crippen LogP contribution in [0.3, 0.4) is 0 Å². The summed E-state index contributed by atoms with van der Waals surface area (Å²) in [5.74, 6) is -0.134. The van der Waals surface area contributed by atoms with Gasteiger partial charge in [-0.05, 0) is 59.2 Å². The van der Waals surface area contributed by atoms with Gasteiger partial charge in [0.15, 0.2) is 0 Å². The number of anilines is 2. The van der Waals surface area contributed by atoms with E-state index in [2.05, 4.69) is 32.7 Å². The number of ether oxygens (including phenoxy) is 1. The minimum atomic E-state index is -0.134. The summed E-state index contributed by atoms with van der Waals surface area (Å²) >= 11 is 0. The number of carbonyl (C=O) groups excluding carboxylic acids is 1. The molecule has 5 rings (SSSR count). The van der Waals surface area contributed by atoms with Crippen molar-refractivity contribution < 1.29 is 9.53 Å². The molecule has 0 unspecified atom stereocenters. The van der Waals surface area contributed by atoms with Crippen molar-refractivity contribution in [1.29, 1.82) is 5.26 Å². The number of carbonyl (C=O) groups is 1. The van der Waals surface area contributed by atoms with Crippen LogP contribution in [0.2, 0.25) is 0 Å². The van der Waals surface area contributed by atoms with Crippen LogP contribution < -0.4 is 10.6 Å². The Morgan fingerprint density at radius 2 is 1.84 bits per heavy atom. The maximum absolute atomic E-state index is 12.3. The predicted molar refractivity (Wildman–Crippen MR) is 146 cm³/mol. The quantitative estimate of drug-likeness (QED) is 0.237. The number of aromatic nitrogens is 2. The lowest BCUT2D eigenvalue weighted by atomic mass is 9.97. The van der Waals surface area contributed by atoms with Crippen molar-refractivity contribution in [3.05, 3.63) is 103 Å². The van der Waals surface area contributed by atoms with Crippen LogP contribution in [-0.4, -0.2) is 36.1 Å². The second-order valence-corrected chi connectivity index (χ2v) is 8.53. The van der Waals surface area contributed by atoms with Gasteiger partial charge in [0.25, 0.3) is 5.91 Å². The first kappa shape index (κ1) is 23.8. The van der Waals surface area contributed by atoms with E-state index >= 15 is 0 Å². The minimum Gasteiger partial charge on any atom is -0.383 e. The number of aromatic amines is 1. The van der Waals surface area contributed by atoms with E-state index < -0.39 is 0 Å². The Morgan fingerprint density at radius 1 is 1.00 bits per heavy atom. The van der Waals surface area contributed by atoms with Gasteiger partial charge >= 0.3 is 0 Å². The van der Waals surface area contributed by atoms with Crippen molar-refractivity contribution in [2.75, 3.05) is 25.6 Å². The molecule has 0 saturated heterocycles. The van der Waals surface area contributed by atoms with Crippen LogP contribution >= 0.6 is 0 Å². The highest BCUT2D eigenvalue weighted by molar-refractivity contribution is 5.95. The summed E-state index contributed by atoms with van der Waals surface area (Å²) in [6.45, 7) is 0.931. The summed E-state index contributed by atoms with van der Waals surface area (Å²) < 4.78 is 4.98. The van der Waals surface area contributed by atoms with Crippen molar-refractivity contribution in [2.45, 2.75) is 0 Å². The Labute approximate surface area is 214 Å². The maximum Gasteiger partial charge on any atom is 0.251 e. The van der Waals surface area contributed by atoms with Crippen molar-refractivity contribution in [3.8, 4) is 28.3 Å². The van der Waals surface area contributed by atoms with E-state index in [0.29, 0.717) is 30.0 Å². The Morgan fingerprint density at radius 3 is 2.65 bits per heavy atom. The first-order chi connectivity index (χ1) is 18.2. The Balaban J connectivity index is 1.45. The van der Waals surface area contributed by atoms with Crippen molar-refractivity contribution >= 4 is 28.2 Å². The summed E-state index contributed by atoms with van der Waals surface area (Å²) in [6, 6.07) is 25.8. The van der Waals surface area contributed by atoms with E-state index in [9.17, 15) is 10.1 Å². The Bertz CT molecular complexity index is 1600. The van der Waals surface area contributed by atoms with Gasteiger partial charge in [0.05, 0.1) is 17.9 Å². The van der Waals surface area contributed by atoms with Gasteiger partial charge in [-0.1, -0.05) is 30.3 Å². The monoisotopic (exact) mass is 487 g/mol. The van der Waals surface area contributed by atoms with Gasteiger partial charge in [0, 0.05) is 60.0 Å². The molecule has 7 nitrogen and oxygen atoms in total. The van der Waals surface area contributed by atoms with Gasteiger partial charge in [0.2, 0.25) is 0 Å². The average molecular weight is 488 g/mol. The largest absolute Gasteiger partial charge is 0.383 e. The fourth-order valence-corrected chi connectivity index (χ4v) is 4.22. The molecule has 0 atom stereocenters. The number of nitriles is 1. The van der Waals surface area contributed by atoms with E-state index in [1.165, 1.54) is 0 Å². The number of hydrogen-bond acceptors (Lipinski definition) is 5. The summed E-state index contributed by atoms with van der Waals surface area (Å²) in [5.41, 5.74) is 7.40. The molecular formula is C30H25N5O2. The zero-order valence-electron chi connectivity index (χ0n) is 20.3. The minimum absolute atomic E-state index is 0.134. The van der Waals surface area contributed by atoms with Crippen molar-refractivity contribution in [3.63, 3.8) is 0 Å². The number of fused-ring (bicyclic) bond motifs is 1. The summed E-state index contributed by atoms with van der Waals surface area (Å²) in [5, 5.41) is 17.2. The number of nitrogens with zero attached hydrogens (tertiary/aromatic N) is 2. The van der Waals surface area contributed by atoms with E-state index in [1.807, 2.05) is 72.9 Å². The third-order valence-electron chi connectivity index (χ3n) is 6.13. The Hall–Kier alpha value is -4.93. The number of benzene rings is 3. The average Bonchev–Trinajstić information content (AvgIpc) is 3.41. The molecule has 0 aliphatic rings. The number of amides is 1. The third kappa shape index (κ3) is 5.20. The molecule has 2 heterocycles. The maximum atomic E-state index is 12.3. The van der Waals surface area contributed by atoms with Crippen LogP contribution in [0.15, 0.2) is 91.4 Å². The molecular weight excluding hydrogens is 462 g/mol. The predicted octanol–water partition coefficient (Wildman–Crippen LogP) is 5.89. The number of nitrogens with one attached hydrogen (secondary N) is 3. The highest BCUT2D eigenvalue weighted by atomic mass is 16.5. The number of hydrogen-bond donors (Lipinski definition) is 3. The second-order valence-electron chi connectivity index (χ2n) is 8.53. The van der Waals surface area contributed by atoms with Crippen LogP contribution in [0.1, 0.15) is 15.9 Å². The lowest BCUT2D eigenvalue weighted by molar-refractivity contribution is 0.0937. The molecule has 0 spiro atoms. The number of rotatable bonds is 8. The highest BCUT2D eigenvalue weighted by Crippen LogP contribution is 2.35. The van der Waals surface area contributed by atoms with Crippen LogP contribution in [0.5, 0.6) is 0 Å². The van der Waals surface area contributed by atoms with Crippen molar-refractivity contribution in [2.24, 2.45) is 0 Å². The first-order valence-corrected chi connectivity index (χ1v) is 11.9. The summed E-state index contributed by atoms with van der Waals surface area (Å²) in [7, 11) is 1.60. The van der Waals surface area contributed by atoms with Gasteiger partial charge in [0.1, 0.15) is 6.07 Å². The SMILES string of the molecule is COCCNC(=O)c1ccc(-c2cccc(-c3cncc(C#N)c3Nc3ccc4[nH]ccc4c3)c2)cc1. The standard InChI is InChI=1S/C30H25N5O2/c1-37-14-13-34-30(36)21-7-5-20(6-8-21)22-3-2-4-23(15-22)27-19-32-18-25(17-31)29(27)35-26-9-10-28-24(16-26)11-12-33-28/h2-12,15-16,18-19,33H,13-14H2,1H3,(H,32,35)(H,34,36). The van der Waals surface area contributed by atoms with E-state index in [4.69, 9.17) is 4.74 Å². The van der Waals surface area contributed by atoms with Crippen LogP contribution in [0, 0.1) is 11.3 Å². The Kier molecular flexibility index (Phi) is 6.93. The third-order valence-corrected chi connectivity index (χ3v) is 6.13.